The third-order valence-corrected chi connectivity index (χ3v) is 0.695. The molecule has 0 saturated carbocycles. The number of carboxylic acids is 1. The second-order valence-corrected chi connectivity index (χ2v) is 1.43. The Hall–Kier alpha value is -0.900. The van der Waals surface area contributed by atoms with E-state index in [4.69, 9.17) is 10.8 Å². The Labute approximate surface area is 52.0 Å². The molecule has 0 aliphatic rings. The molecule has 3 nitrogen and oxygen atoms in total. The second-order valence-electron chi connectivity index (χ2n) is 1.43. The first-order valence-electron chi connectivity index (χ1n) is 2.47. The second kappa shape index (κ2) is 4.03. The van der Waals surface area contributed by atoms with Gasteiger partial charge < -0.3 is 10.8 Å². The smallest absolute Gasteiger partial charge is 0.364 e. The van der Waals surface area contributed by atoms with E-state index in [2.05, 4.69) is 0 Å². The number of rotatable bonds is 3. The molecule has 0 rings (SSSR count). The first kappa shape index (κ1) is 8.10. The summed E-state index contributed by atoms with van der Waals surface area (Å²) in [5.74, 6) is -2.68. The number of carboxylic acid groups (broad SMARTS) is 1. The van der Waals surface area contributed by atoms with E-state index < -0.39 is 11.8 Å². The van der Waals surface area contributed by atoms with Gasteiger partial charge in [0.25, 0.3) is 0 Å². The van der Waals surface area contributed by atoms with Crippen LogP contribution in [0.15, 0.2) is 11.9 Å². The van der Waals surface area contributed by atoms with Crippen molar-refractivity contribution in [3.05, 3.63) is 11.9 Å². The Kier molecular flexibility index (Phi) is 3.62. The molecule has 0 heterocycles. The van der Waals surface area contributed by atoms with Crippen molar-refractivity contribution in [2.45, 2.75) is 6.42 Å². The summed E-state index contributed by atoms with van der Waals surface area (Å²) < 4.78 is 11.9. The number of nitrogens with two attached hydrogens (primary N) is 1. The van der Waals surface area contributed by atoms with E-state index in [0.29, 0.717) is 0 Å². The highest BCUT2D eigenvalue weighted by atomic mass is 19.1. The van der Waals surface area contributed by atoms with Crippen LogP contribution in [0.2, 0.25) is 0 Å². The van der Waals surface area contributed by atoms with Crippen molar-refractivity contribution >= 4 is 5.97 Å². The van der Waals surface area contributed by atoms with E-state index in [9.17, 15) is 9.18 Å². The lowest BCUT2D eigenvalue weighted by Gasteiger charge is -1.85. The molecule has 0 saturated heterocycles. The van der Waals surface area contributed by atoms with E-state index in [1.165, 1.54) is 0 Å². The minimum Gasteiger partial charge on any atom is -0.476 e. The molecule has 0 radical (unpaired) electrons. The van der Waals surface area contributed by atoms with Crippen LogP contribution in [-0.4, -0.2) is 17.6 Å². The van der Waals surface area contributed by atoms with E-state index in [0.717, 1.165) is 6.08 Å². The van der Waals surface area contributed by atoms with Crippen LogP contribution in [-0.2, 0) is 4.79 Å². The molecule has 0 amide bonds. The molecule has 4 heteroatoms. The zero-order valence-electron chi connectivity index (χ0n) is 4.80. The van der Waals surface area contributed by atoms with Gasteiger partial charge in [0.1, 0.15) is 0 Å². The predicted molar refractivity (Wildman–Crippen MR) is 30.5 cm³/mol. The third kappa shape index (κ3) is 3.66. The Bertz CT molecular complexity index is 133. The topological polar surface area (TPSA) is 63.3 Å². The van der Waals surface area contributed by atoms with Crippen LogP contribution >= 0.6 is 0 Å². The van der Waals surface area contributed by atoms with Crippen LogP contribution in [0.4, 0.5) is 4.39 Å². The van der Waals surface area contributed by atoms with Gasteiger partial charge in [-0.25, -0.2) is 4.79 Å². The van der Waals surface area contributed by atoms with Gasteiger partial charge in [-0.15, -0.1) is 0 Å². The summed E-state index contributed by atoms with van der Waals surface area (Å²) in [6.45, 7) is 0.265. The molecule has 0 bridgehead atoms. The zero-order valence-corrected chi connectivity index (χ0v) is 4.80. The van der Waals surface area contributed by atoms with Crippen molar-refractivity contribution < 1.29 is 14.3 Å². The summed E-state index contributed by atoms with van der Waals surface area (Å²) in [4.78, 5) is 9.72. The molecule has 0 aliphatic heterocycles. The van der Waals surface area contributed by atoms with Gasteiger partial charge >= 0.3 is 5.97 Å². The van der Waals surface area contributed by atoms with Crippen molar-refractivity contribution in [2.24, 2.45) is 5.73 Å². The average molecular weight is 133 g/mol. The molecule has 3 N–H and O–H groups in total. The summed E-state index contributed by atoms with van der Waals surface area (Å²) in [5.41, 5.74) is 4.97. The zero-order chi connectivity index (χ0) is 7.28. The third-order valence-electron chi connectivity index (χ3n) is 0.695. The molecule has 0 aromatic rings. The Morgan fingerprint density at radius 1 is 1.78 bits per heavy atom. The van der Waals surface area contributed by atoms with Crippen LogP contribution in [0.5, 0.6) is 0 Å². The lowest BCUT2D eigenvalue weighted by Crippen LogP contribution is -1.99. The maximum absolute atomic E-state index is 11.9. The molecule has 52 valence electrons. The molecule has 0 fully saturated rings. The van der Waals surface area contributed by atoms with Crippen LogP contribution in [0.25, 0.3) is 0 Å². The molecule has 0 spiro atoms. The van der Waals surface area contributed by atoms with Crippen LogP contribution < -0.4 is 5.73 Å². The number of aliphatic carboxylic acids is 1. The van der Waals surface area contributed by atoms with Crippen LogP contribution in [0.3, 0.4) is 0 Å². The van der Waals surface area contributed by atoms with Gasteiger partial charge in [-0.1, -0.05) is 0 Å². The van der Waals surface area contributed by atoms with Gasteiger partial charge in [0, 0.05) is 0 Å². The first-order chi connectivity index (χ1) is 4.18. The number of hydrogen-bond donors (Lipinski definition) is 2. The fourth-order valence-electron chi connectivity index (χ4n) is 0.297. The molecule has 0 aliphatic carbocycles. The minimum atomic E-state index is -1.54. The molecule has 0 unspecified atom stereocenters. The van der Waals surface area contributed by atoms with E-state index in [1.807, 2.05) is 0 Å². The predicted octanol–water partition coefficient (Wildman–Crippen LogP) is 0.273. The van der Waals surface area contributed by atoms with Gasteiger partial charge in [0.15, 0.2) is 0 Å². The largest absolute Gasteiger partial charge is 0.476 e. The summed E-state index contributed by atoms with van der Waals surface area (Å²) in [6.07, 6.45) is 1.21. The van der Waals surface area contributed by atoms with E-state index >= 15 is 0 Å². The Balaban J connectivity index is 3.69. The van der Waals surface area contributed by atoms with Crippen molar-refractivity contribution in [2.75, 3.05) is 6.54 Å². The standard InChI is InChI=1S/C5H8FNO2/c6-4(5(8)9)2-1-3-7/h2H,1,3,7H2,(H,8,9). The number of hydrogen-bond acceptors (Lipinski definition) is 2. The number of halogens is 1. The Morgan fingerprint density at radius 2 is 2.33 bits per heavy atom. The lowest BCUT2D eigenvalue weighted by atomic mass is 10.3. The summed E-state index contributed by atoms with van der Waals surface area (Å²) in [5, 5.41) is 7.92. The Morgan fingerprint density at radius 3 is 2.67 bits per heavy atom. The molecule has 0 aromatic carbocycles. The molecular formula is C5H8FNO2. The molecular weight excluding hydrogens is 125 g/mol. The highest BCUT2D eigenvalue weighted by molar-refractivity contribution is 5.83. The molecule has 0 aromatic heterocycles. The maximum Gasteiger partial charge on any atom is 0.364 e. The lowest BCUT2D eigenvalue weighted by molar-refractivity contribution is -0.134. The highest BCUT2D eigenvalue weighted by Gasteiger charge is 2.01. The monoisotopic (exact) mass is 133 g/mol. The van der Waals surface area contributed by atoms with Crippen LogP contribution in [0, 0.1) is 0 Å². The van der Waals surface area contributed by atoms with Crippen molar-refractivity contribution in [1.82, 2.24) is 0 Å². The van der Waals surface area contributed by atoms with Gasteiger partial charge in [-0.05, 0) is 19.0 Å². The number of carbonyl (C=O) groups is 1. The van der Waals surface area contributed by atoms with E-state index in [1.54, 1.807) is 0 Å². The summed E-state index contributed by atoms with van der Waals surface area (Å²) >= 11 is 0. The maximum atomic E-state index is 11.9. The molecule has 9 heavy (non-hydrogen) atoms. The summed E-state index contributed by atoms with van der Waals surface area (Å²) in [6, 6.07) is 0. The van der Waals surface area contributed by atoms with E-state index in [-0.39, 0.29) is 13.0 Å². The van der Waals surface area contributed by atoms with Gasteiger partial charge in [-0.3, -0.25) is 0 Å². The first-order valence-corrected chi connectivity index (χ1v) is 2.47. The molecule has 0 atom stereocenters. The van der Waals surface area contributed by atoms with Gasteiger partial charge in [0.2, 0.25) is 5.83 Å². The van der Waals surface area contributed by atoms with Gasteiger partial charge in [0.05, 0.1) is 0 Å². The highest BCUT2D eigenvalue weighted by Crippen LogP contribution is 1.96. The van der Waals surface area contributed by atoms with Crippen molar-refractivity contribution in [1.29, 1.82) is 0 Å². The fourth-order valence-corrected chi connectivity index (χ4v) is 0.297. The normalized spacial score (nSPS) is 11.6. The SMILES string of the molecule is NCCC=C(F)C(=O)O. The minimum absolute atomic E-state index is 0.262. The van der Waals surface area contributed by atoms with Gasteiger partial charge in [-0.2, -0.15) is 4.39 Å². The fraction of sp³-hybridized carbons (Fsp3) is 0.400. The van der Waals surface area contributed by atoms with Crippen molar-refractivity contribution in [3.63, 3.8) is 0 Å². The average Bonchev–Trinajstić information content (AvgIpc) is 1.82. The summed E-state index contributed by atoms with van der Waals surface area (Å²) in [7, 11) is 0. The van der Waals surface area contributed by atoms with Crippen molar-refractivity contribution in [3.8, 4) is 0 Å². The quantitative estimate of drug-likeness (QED) is 0.543. The van der Waals surface area contributed by atoms with Crippen LogP contribution in [0.1, 0.15) is 6.42 Å².